The Morgan fingerprint density at radius 1 is 1.19 bits per heavy atom. The minimum absolute atomic E-state index is 0.0184. The summed E-state index contributed by atoms with van der Waals surface area (Å²) < 4.78 is 32.2. The van der Waals surface area contributed by atoms with Gasteiger partial charge in [0.15, 0.2) is 0 Å². The predicted molar refractivity (Wildman–Crippen MR) is 82.6 cm³/mol. The van der Waals surface area contributed by atoms with Gasteiger partial charge in [-0.2, -0.15) is 4.31 Å². The zero-order valence-corrected chi connectivity index (χ0v) is 12.9. The second-order valence-electron chi connectivity index (χ2n) is 5.95. The highest BCUT2D eigenvalue weighted by Gasteiger charge is 2.40. The van der Waals surface area contributed by atoms with Crippen molar-refractivity contribution in [2.24, 2.45) is 5.92 Å². The minimum atomic E-state index is -3.23. The molecule has 2 saturated carbocycles. The molecule has 0 spiro atoms. The topological polar surface area (TPSA) is 72.6 Å². The summed E-state index contributed by atoms with van der Waals surface area (Å²) in [6.45, 7) is 0.838. The maximum atomic E-state index is 12.5. The Kier molecular flexibility index (Phi) is 4.08. The van der Waals surface area contributed by atoms with Crippen molar-refractivity contribution in [3.63, 3.8) is 0 Å². The van der Waals surface area contributed by atoms with Crippen LogP contribution < -0.4 is 10.5 Å². The summed E-state index contributed by atoms with van der Waals surface area (Å²) in [4.78, 5) is 0. The summed E-state index contributed by atoms with van der Waals surface area (Å²) in [5, 5.41) is 0. The number of anilines is 1. The molecular weight excluding hydrogens is 288 g/mol. The number of hydrogen-bond acceptors (Lipinski definition) is 4. The molecule has 2 aliphatic rings. The van der Waals surface area contributed by atoms with Crippen molar-refractivity contribution < 1.29 is 13.2 Å². The number of ether oxygens (including phenoxy) is 1. The summed E-state index contributed by atoms with van der Waals surface area (Å²) in [5.41, 5.74) is 6.31. The maximum absolute atomic E-state index is 12.5. The fourth-order valence-corrected chi connectivity index (χ4v) is 4.02. The standard InChI is InChI=1S/C15H22N2O3S/c16-14-3-1-2-4-15(14)20-9-10-21(18,19)17(13-7-8-13)11-12-5-6-12/h1-4,12-13H,5-11,16H2. The first-order valence-corrected chi connectivity index (χ1v) is 9.14. The molecule has 1 aromatic carbocycles. The van der Waals surface area contributed by atoms with Gasteiger partial charge < -0.3 is 10.5 Å². The fourth-order valence-electron chi connectivity index (χ4n) is 2.39. The van der Waals surface area contributed by atoms with Gasteiger partial charge in [0.1, 0.15) is 12.4 Å². The van der Waals surface area contributed by atoms with E-state index >= 15 is 0 Å². The van der Waals surface area contributed by atoms with Gasteiger partial charge in [0.2, 0.25) is 10.0 Å². The van der Waals surface area contributed by atoms with Crippen molar-refractivity contribution in [1.29, 1.82) is 0 Å². The number of nitrogens with zero attached hydrogens (tertiary/aromatic N) is 1. The van der Waals surface area contributed by atoms with Crippen molar-refractivity contribution in [3.8, 4) is 5.75 Å². The smallest absolute Gasteiger partial charge is 0.217 e. The average Bonchev–Trinajstić information content (AvgIpc) is 3.32. The van der Waals surface area contributed by atoms with Crippen LogP contribution in [0, 0.1) is 5.92 Å². The molecule has 2 fully saturated rings. The van der Waals surface area contributed by atoms with Crippen LogP contribution in [0.1, 0.15) is 25.7 Å². The van der Waals surface area contributed by atoms with Gasteiger partial charge in [0.05, 0.1) is 11.4 Å². The lowest BCUT2D eigenvalue weighted by Gasteiger charge is -2.21. The monoisotopic (exact) mass is 310 g/mol. The van der Waals surface area contributed by atoms with Crippen LogP contribution in [0.4, 0.5) is 5.69 Å². The first-order valence-electron chi connectivity index (χ1n) is 7.53. The van der Waals surface area contributed by atoms with Gasteiger partial charge in [-0.3, -0.25) is 0 Å². The molecule has 0 bridgehead atoms. The molecule has 6 heteroatoms. The molecule has 2 aliphatic carbocycles. The third-order valence-corrected chi connectivity index (χ3v) is 5.81. The molecule has 0 atom stereocenters. The normalized spacial score (nSPS) is 18.9. The number of hydrogen-bond donors (Lipinski definition) is 1. The van der Waals surface area contributed by atoms with Crippen molar-refractivity contribution >= 4 is 15.7 Å². The van der Waals surface area contributed by atoms with Gasteiger partial charge in [-0.1, -0.05) is 12.1 Å². The van der Waals surface area contributed by atoms with Gasteiger partial charge >= 0.3 is 0 Å². The van der Waals surface area contributed by atoms with Crippen LogP contribution in [0.3, 0.4) is 0 Å². The van der Waals surface area contributed by atoms with E-state index in [1.165, 1.54) is 0 Å². The molecule has 0 saturated heterocycles. The van der Waals surface area contributed by atoms with Crippen molar-refractivity contribution in [3.05, 3.63) is 24.3 Å². The second-order valence-corrected chi connectivity index (χ2v) is 7.99. The molecule has 2 N–H and O–H groups in total. The molecule has 0 radical (unpaired) electrons. The van der Waals surface area contributed by atoms with E-state index in [2.05, 4.69) is 0 Å². The summed E-state index contributed by atoms with van der Waals surface area (Å²) in [5.74, 6) is 1.14. The van der Waals surface area contributed by atoms with Gasteiger partial charge in [-0.05, 0) is 43.7 Å². The van der Waals surface area contributed by atoms with E-state index < -0.39 is 10.0 Å². The van der Waals surface area contributed by atoms with Crippen molar-refractivity contribution in [1.82, 2.24) is 4.31 Å². The lowest BCUT2D eigenvalue weighted by molar-refractivity contribution is 0.332. The maximum Gasteiger partial charge on any atom is 0.217 e. The van der Waals surface area contributed by atoms with Crippen LogP contribution in [0.25, 0.3) is 0 Å². The number of benzene rings is 1. The summed E-state index contributed by atoms with van der Waals surface area (Å²) >= 11 is 0. The molecule has 116 valence electrons. The molecule has 0 aliphatic heterocycles. The highest BCUT2D eigenvalue weighted by molar-refractivity contribution is 7.89. The molecule has 21 heavy (non-hydrogen) atoms. The average molecular weight is 310 g/mol. The van der Waals surface area contributed by atoms with Gasteiger partial charge in [0.25, 0.3) is 0 Å². The summed E-state index contributed by atoms with van der Waals surface area (Å²) in [6, 6.07) is 7.38. The Labute approximate surface area is 126 Å². The quantitative estimate of drug-likeness (QED) is 0.744. The second kappa shape index (κ2) is 5.85. The Hall–Kier alpha value is -1.27. The Morgan fingerprint density at radius 2 is 1.90 bits per heavy atom. The highest BCUT2D eigenvalue weighted by atomic mass is 32.2. The first kappa shape index (κ1) is 14.7. The SMILES string of the molecule is Nc1ccccc1OCCS(=O)(=O)N(CC1CC1)C1CC1. The third-order valence-electron chi connectivity index (χ3n) is 3.96. The number of sulfonamides is 1. The van der Waals surface area contributed by atoms with Gasteiger partial charge in [-0.25, -0.2) is 8.42 Å². The van der Waals surface area contributed by atoms with Crippen LogP contribution in [0.2, 0.25) is 0 Å². The Morgan fingerprint density at radius 3 is 2.52 bits per heavy atom. The molecular formula is C15H22N2O3S. The zero-order chi connectivity index (χ0) is 14.9. The Bertz CT molecular complexity index is 595. The van der Waals surface area contributed by atoms with E-state index in [0.717, 1.165) is 25.7 Å². The van der Waals surface area contributed by atoms with Crippen LogP contribution in [0.15, 0.2) is 24.3 Å². The summed E-state index contributed by atoms with van der Waals surface area (Å²) in [7, 11) is -3.23. The largest absolute Gasteiger partial charge is 0.490 e. The van der Waals surface area contributed by atoms with Crippen LogP contribution >= 0.6 is 0 Å². The molecule has 3 rings (SSSR count). The highest BCUT2D eigenvalue weighted by Crippen LogP contribution is 2.36. The fraction of sp³-hybridized carbons (Fsp3) is 0.600. The third kappa shape index (κ3) is 3.89. The van der Waals surface area contributed by atoms with Crippen molar-refractivity contribution in [2.45, 2.75) is 31.7 Å². The Balaban J connectivity index is 1.56. The van der Waals surface area contributed by atoms with Gasteiger partial charge in [0, 0.05) is 12.6 Å². The number of para-hydroxylation sites is 2. The number of rotatable bonds is 8. The van der Waals surface area contributed by atoms with E-state index in [4.69, 9.17) is 10.5 Å². The summed E-state index contributed by atoms with van der Waals surface area (Å²) in [6.07, 6.45) is 4.32. The van der Waals surface area contributed by atoms with Crippen LogP contribution in [-0.4, -0.2) is 37.7 Å². The molecule has 0 aromatic heterocycles. The molecule has 5 nitrogen and oxygen atoms in total. The van der Waals surface area contributed by atoms with E-state index in [0.29, 0.717) is 23.9 Å². The lowest BCUT2D eigenvalue weighted by atomic mass is 10.3. The predicted octanol–water partition coefficient (Wildman–Crippen LogP) is 1.85. The van der Waals surface area contributed by atoms with E-state index in [1.807, 2.05) is 12.1 Å². The lowest BCUT2D eigenvalue weighted by Crippen LogP contribution is -2.38. The molecule has 0 unspecified atom stereocenters. The molecule has 1 aromatic rings. The number of nitrogens with two attached hydrogens (primary N) is 1. The van der Waals surface area contributed by atoms with Crippen LogP contribution in [-0.2, 0) is 10.0 Å². The first-order chi connectivity index (χ1) is 10.1. The van der Waals surface area contributed by atoms with Gasteiger partial charge in [-0.15, -0.1) is 0 Å². The van der Waals surface area contributed by atoms with E-state index in [1.54, 1.807) is 16.4 Å². The van der Waals surface area contributed by atoms with Crippen LogP contribution in [0.5, 0.6) is 5.75 Å². The van der Waals surface area contributed by atoms with E-state index in [-0.39, 0.29) is 18.4 Å². The number of nitrogen functional groups attached to an aromatic ring is 1. The van der Waals surface area contributed by atoms with Crippen molar-refractivity contribution in [2.75, 3.05) is 24.6 Å². The zero-order valence-electron chi connectivity index (χ0n) is 12.1. The molecule has 0 heterocycles. The molecule has 0 amide bonds. The minimum Gasteiger partial charge on any atom is -0.490 e. The van der Waals surface area contributed by atoms with E-state index in [9.17, 15) is 8.42 Å².